The van der Waals surface area contributed by atoms with E-state index in [0.717, 1.165) is 31.6 Å². The van der Waals surface area contributed by atoms with Crippen molar-refractivity contribution in [3.63, 3.8) is 0 Å². The van der Waals surface area contributed by atoms with Crippen molar-refractivity contribution < 1.29 is 14.7 Å². The Hall–Kier alpha value is -2.42. The number of hydrogen-bond donors (Lipinski definition) is 2. The van der Waals surface area contributed by atoms with Gasteiger partial charge in [0.1, 0.15) is 5.69 Å². The van der Waals surface area contributed by atoms with Gasteiger partial charge >= 0.3 is 5.69 Å². The smallest absolute Gasteiger partial charge is 0.323 e. The first-order valence-corrected chi connectivity index (χ1v) is 7.25. The summed E-state index contributed by atoms with van der Waals surface area (Å²) in [5, 5.41) is 30.8. The zero-order valence-corrected chi connectivity index (χ0v) is 12.0. The molecule has 1 aromatic heterocycles. The van der Waals surface area contributed by atoms with Crippen molar-refractivity contribution in [1.29, 1.82) is 0 Å². The van der Waals surface area contributed by atoms with Crippen LogP contribution in [0.25, 0.3) is 11.0 Å². The third-order valence-electron chi connectivity index (χ3n) is 3.77. The summed E-state index contributed by atoms with van der Waals surface area (Å²) < 4.78 is 4.74. The topological polar surface area (TPSA) is 118 Å². The molecule has 9 nitrogen and oxygen atoms in total. The number of nitrogens with one attached hydrogen (secondary N) is 1. The van der Waals surface area contributed by atoms with E-state index < -0.39 is 4.92 Å². The van der Waals surface area contributed by atoms with Crippen molar-refractivity contribution in [2.75, 3.05) is 36.5 Å². The number of anilines is 2. The maximum absolute atomic E-state index is 11.4. The van der Waals surface area contributed by atoms with Crippen LogP contribution >= 0.6 is 0 Å². The van der Waals surface area contributed by atoms with Gasteiger partial charge in [-0.1, -0.05) is 0 Å². The van der Waals surface area contributed by atoms with Gasteiger partial charge in [-0.25, -0.2) is 4.63 Å². The average Bonchev–Trinajstić information content (AvgIpc) is 3.17. The quantitative estimate of drug-likeness (QED) is 0.468. The number of aliphatic hydroxyl groups is 1. The molecule has 2 heterocycles. The predicted molar refractivity (Wildman–Crippen MR) is 80.1 cm³/mol. The van der Waals surface area contributed by atoms with Crippen LogP contribution in [0.3, 0.4) is 0 Å². The van der Waals surface area contributed by atoms with E-state index in [4.69, 9.17) is 9.74 Å². The molecule has 118 valence electrons. The van der Waals surface area contributed by atoms with E-state index in [1.54, 1.807) is 6.07 Å². The number of aliphatic hydroxyl groups excluding tert-OH is 1. The summed E-state index contributed by atoms with van der Waals surface area (Å²) in [6, 6.07) is 1.73. The second-order valence-corrected chi connectivity index (χ2v) is 5.21. The number of aromatic nitrogens is 2. The molecule has 1 aromatic carbocycles. The molecule has 2 N–H and O–H groups in total. The van der Waals surface area contributed by atoms with Gasteiger partial charge in [0.05, 0.1) is 10.6 Å². The van der Waals surface area contributed by atoms with Crippen LogP contribution in [0.5, 0.6) is 0 Å². The maximum atomic E-state index is 11.4. The Bertz CT molecular complexity index is 680. The number of nitrogens with zero attached hydrogens (tertiary/aromatic N) is 4. The van der Waals surface area contributed by atoms with Gasteiger partial charge < -0.3 is 15.3 Å². The SMILES string of the molecule is O=[N+]([O-])c1c(NCCCO)cc(N2CCCC2)c2nonc12. The van der Waals surface area contributed by atoms with Gasteiger partial charge in [-0.05, 0) is 35.6 Å². The first-order chi connectivity index (χ1) is 10.7. The Morgan fingerprint density at radius 3 is 2.77 bits per heavy atom. The molecule has 0 unspecified atom stereocenters. The number of rotatable bonds is 6. The zero-order valence-electron chi connectivity index (χ0n) is 12.0. The molecule has 0 radical (unpaired) electrons. The van der Waals surface area contributed by atoms with Crippen molar-refractivity contribution in [3.05, 3.63) is 16.2 Å². The summed E-state index contributed by atoms with van der Waals surface area (Å²) in [5.74, 6) is 0. The maximum Gasteiger partial charge on any atom is 0.323 e. The van der Waals surface area contributed by atoms with Gasteiger partial charge in [-0.15, -0.1) is 0 Å². The second kappa shape index (κ2) is 6.14. The highest BCUT2D eigenvalue weighted by Gasteiger charge is 2.28. The lowest BCUT2D eigenvalue weighted by molar-refractivity contribution is -0.382. The largest absolute Gasteiger partial charge is 0.396 e. The fraction of sp³-hybridized carbons (Fsp3) is 0.538. The molecule has 1 aliphatic heterocycles. The summed E-state index contributed by atoms with van der Waals surface area (Å²) in [6.45, 7) is 2.23. The lowest BCUT2D eigenvalue weighted by atomic mass is 10.1. The van der Waals surface area contributed by atoms with Gasteiger partial charge in [0.15, 0.2) is 5.52 Å². The van der Waals surface area contributed by atoms with Gasteiger partial charge in [-0.3, -0.25) is 10.1 Å². The minimum Gasteiger partial charge on any atom is -0.396 e. The lowest BCUT2D eigenvalue weighted by Gasteiger charge is -2.18. The molecule has 0 spiro atoms. The Labute approximate surface area is 126 Å². The Morgan fingerprint density at radius 1 is 1.36 bits per heavy atom. The molecule has 1 aliphatic rings. The second-order valence-electron chi connectivity index (χ2n) is 5.21. The minimum absolute atomic E-state index is 0.0214. The highest BCUT2D eigenvalue weighted by molar-refractivity contribution is 5.99. The van der Waals surface area contributed by atoms with Crippen LogP contribution in [0.1, 0.15) is 19.3 Å². The van der Waals surface area contributed by atoms with Crippen molar-refractivity contribution in [2.45, 2.75) is 19.3 Å². The monoisotopic (exact) mass is 307 g/mol. The van der Waals surface area contributed by atoms with E-state index in [-0.39, 0.29) is 17.8 Å². The molecular formula is C13H17N5O4. The number of fused-ring (bicyclic) bond motifs is 1. The van der Waals surface area contributed by atoms with Crippen LogP contribution in [-0.2, 0) is 0 Å². The number of hydrogen-bond acceptors (Lipinski definition) is 8. The Balaban J connectivity index is 2.09. The van der Waals surface area contributed by atoms with E-state index >= 15 is 0 Å². The van der Waals surface area contributed by atoms with Gasteiger partial charge in [0.2, 0.25) is 5.52 Å². The lowest BCUT2D eigenvalue weighted by Crippen LogP contribution is -2.18. The van der Waals surface area contributed by atoms with Crippen molar-refractivity contribution in [3.8, 4) is 0 Å². The molecular weight excluding hydrogens is 290 g/mol. The fourth-order valence-corrected chi connectivity index (χ4v) is 2.73. The molecule has 0 amide bonds. The zero-order chi connectivity index (χ0) is 15.5. The molecule has 1 fully saturated rings. The van der Waals surface area contributed by atoms with Crippen LogP contribution in [0.2, 0.25) is 0 Å². The summed E-state index contributed by atoms with van der Waals surface area (Å²) in [4.78, 5) is 13.0. The average molecular weight is 307 g/mol. The third-order valence-corrected chi connectivity index (χ3v) is 3.77. The molecule has 0 atom stereocenters. The third kappa shape index (κ3) is 2.54. The van der Waals surface area contributed by atoms with E-state index in [2.05, 4.69) is 20.5 Å². The number of benzene rings is 1. The van der Waals surface area contributed by atoms with Crippen LogP contribution in [0.4, 0.5) is 17.1 Å². The van der Waals surface area contributed by atoms with Gasteiger partial charge in [-0.2, -0.15) is 0 Å². The molecule has 0 saturated carbocycles. The van der Waals surface area contributed by atoms with E-state index in [9.17, 15) is 10.1 Å². The van der Waals surface area contributed by atoms with Crippen LogP contribution in [-0.4, -0.2) is 46.6 Å². The normalized spacial score (nSPS) is 14.7. The van der Waals surface area contributed by atoms with Gasteiger partial charge in [0.25, 0.3) is 0 Å². The van der Waals surface area contributed by atoms with Crippen LogP contribution in [0.15, 0.2) is 10.7 Å². The van der Waals surface area contributed by atoms with Crippen LogP contribution < -0.4 is 10.2 Å². The number of nitro groups is 1. The first-order valence-electron chi connectivity index (χ1n) is 7.25. The van der Waals surface area contributed by atoms with Crippen molar-refractivity contribution in [2.24, 2.45) is 0 Å². The standard InChI is InChI=1S/C13H17N5O4/c19-7-3-4-14-9-8-10(17-5-1-2-6-17)11-12(16-22-15-11)13(9)18(20)21/h8,14,19H,1-7H2. The van der Waals surface area contributed by atoms with E-state index in [1.165, 1.54) is 0 Å². The van der Waals surface area contributed by atoms with E-state index in [0.29, 0.717) is 24.2 Å². The first kappa shape index (κ1) is 14.5. The highest BCUT2D eigenvalue weighted by Crippen LogP contribution is 2.39. The molecule has 2 aromatic rings. The van der Waals surface area contributed by atoms with Crippen molar-refractivity contribution in [1.82, 2.24) is 10.3 Å². The molecule has 3 rings (SSSR count). The summed E-state index contributed by atoms with van der Waals surface area (Å²) in [6.07, 6.45) is 2.67. The summed E-state index contributed by atoms with van der Waals surface area (Å²) in [7, 11) is 0. The Morgan fingerprint density at radius 2 is 2.09 bits per heavy atom. The summed E-state index contributed by atoms with van der Waals surface area (Å²) >= 11 is 0. The number of nitro benzene ring substituents is 1. The summed E-state index contributed by atoms with van der Waals surface area (Å²) in [5.41, 5.74) is 1.61. The molecule has 1 saturated heterocycles. The van der Waals surface area contributed by atoms with Gasteiger partial charge in [0, 0.05) is 26.2 Å². The molecule has 0 aliphatic carbocycles. The molecule has 0 bridgehead atoms. The van der Waals surface area contributed by atoms with Crippen molar-refractivity contribution >= 4 is 28.1 Å². The predicted octanol–water partition coefficient (Wildman–Crippen LogP) is 1.53. The minimum atomic E-state index is -0.485. The van der Waals surface area contributed by atoms with E-state index in [1.807, 2.05) is 0 Å². The molecule has 9 heteroatoms. The Kier molecular flexibility index (Phi) is 4.05. The van der Waals surface area contributed by atoms with Crippen LogP contribution in [0, 0.1) is 10.1 Å². The highest BCUT2D eigenvalue weighted by atomic mass is 16.6. The fourth-order valence-electron chi connectivity index (χ4n) is 2.73. The molecule has 22 heavy (non-hydrogen) atoms.